The van der Waals surface area contributed by atoms with Crippen LogP contribution in [-0.4, -0.2) is 10.1 Å². The minimum Gasteiger partial charge on any atom is -0.455 e. The highest BCUT2D eigenvalue weighted by atomic mass is 35.5. The molecule has 5 nitrogen and oxygen atoms in total. The molecule has 1 aromatic heterocycles. The Kier molecular flexibility index (Phi) is 5.26. The van der Waals surface area contributed by atoms with E-state index in [-0.39, 0.29) is 0 Å². The lowest BCUT2D eigenvalue weighted by atomic mass is 10.1. The number of nitrogens with one attached hydrogen (secondary N) is 1. The maximum absolute atomic E-state index is 6.16. The second-order valence-electron chi connectivity index (χ2n) is 6.24. The van der Waals surface area contributed by atoms with Crippen LogP contribution < -0.4 is 10.1 Å². The number of aromatic nitrogens is 2. The maximum atomic E-state index is 6.16. The van der Waals surface area contributed by atoms with Crippen LogP contribution in [0.2, 0.25) is 5.02 Å². The number of nitrogens with zero attached hydrogens (tertiary/aromatic N) is 2. The number of anilines is 1. The van der Waals surface area contributed by atoms with Gasteiger partial charge in [-0.05, 0) is 42.8 Å². The molecule has 0 atom stereocenters. The van der Waals surface area contributed by atoms with E-state index in [1.807, 2.05) is 67.6 Å². The molecule has 6 heteroatoms. The molecule has 0 aliphatic carbocycles. The number of rotatable bonds is 6. The van der Waals surface area contributed by atoms with Crippen LogP contribution in [-0.2, 0) is 6.54 Å². The molecule has 0 fully saturated rings. The maximum Gasteiger partial charge on any atom is 0.246 e. The number of aryl methyl sites for hydroxylation is 1. The Morgan fingerprint density at radius 1 is 1.00 bits per heavy atom. The van der Waals surface area contributed by atoms with E-state index in [2.05, 4.69) is 15.5 Å². The monoisotopic (exact) mass is 391 g/mol. The highest BCUT2D eigenvalue weighted by Gasteiger charge is 2.12. The summed E-state index contributed by atoms with van der Waals surface area (Å²) in [5, 5.41) is 7.95. The van der Waals surface area contributed by atoms with Crippen molar-refractivity contribution in [2.75, 3.05) is 5.32 Å². The van der Waals surface area contributed by atoms with Crippen molar-refractivity contribution >= 4 is 17.3 Å². The van der Waals surface area contributed by atoms with Crippen LogP contribution in [0, 0.1) is 6.92 Å². The fraction of sp³-hybridized carbons (Fsp3) is 0.0909. The van der Waals surface area contributed by atoms with Gasteiger partial charge in [0.15, 0.2) is 5.75 Å². The third kappa shape index (κ3) is 4.15. The first-order chi connectivity index (χ1) is 13.7. The van der Waals surface area contributed by atoms with Crippen molar-refractivity contribution in [3.63, 3.8) is 0 Å². The van der Waals surface area contributed by atoms with Gasteiger partial charge in [-0.25, -0.2) is 0 Å². The predicted octanol–water partition coefficient (Wildman–Crippen LogP) is 6.10. The Labute approximate surface area is 167 Å². The van der Waals surface area contributed by atoms with Gasteiger partial charge in [0.05, 0.1) is 12.2 Å². The average Bonchev–Trinajstić information content (AvgIpc) is 3.18. The van der Waals surface area contributed by atoms with Crippen molar-refractivity contribution in [3.8, 4) is 22.9 Å². The van der Waals surface area contributed by atoms with Gasteiger partial charge in [-0.2, -0.15) is 4.98 Å². The molecule has 0 saturated carbocycles. The smallest absolute Gasteiger partial charge is 0.246 e. The summed E-state index contributed by atoms with van der Waals surface area (Å²) < 4.78 is 11.3. The first kappa shape index (κ1) is 18.1. The molecule has 0 amide bonds. The van der Waals surface area contributed by atoms with Crippen LogP contribution in [0.15, 0.2) is 77.3 Å². The highest BCUT2D eigenvalue weighted by molar-refractivity contribution is 6.30. The van der Waals surface area contributed by atoms with E-state index >= 15 is 0 Å². The molecule has 4 aromatic rings. The molecule has 4 rings (SSSR count). The molecule has 0 radical (unpaired) electrons. The van der Waals surface area contributed by atoms with Crippen molar-refractivity contribution < 1.29 is 9.26 Å². The lowest BCUT2D eigenvalue weighted by molar-refractivity contribution is 0.384. The molecule has 28 heavy (non-hydrogen) atoms. The number of benzene rings is 3. The number of hydrogen-bond donors (Lipinski definition) is 1. The fourth-order valence-electron chi connectivity index (χ4n) is 2.78. The standard InChI is InChI=1S/C22H18ClN3O2/c1-15-7-5-6-10-18(15)22-25-21(28-26-22)14-24-19-13-16(23)11-12-20(19)27-17-8-3-2-4-9-17/h2-13,24H,14H2,1H3. The Bertz CT molecular complexity index is 1080. The largest absolute Gasteiger partial charge is 0.455 e. The van der Waals surface area contributed by atoms with E-state index in [4.69, 9.17) is 20.9 Å². The van der Waals surface area contributed by atoms with E-state index < -0.39 is 0 Å². The van der Waals surface area contributed by atoms with Gasteiger partial charge in [-0.15, -0.1) is 0 Å². The lowest BCUT2D eigenvalue weighted by Gasteiger charge is -2.12. The molecule has 1 heterocycles. The summed E-state index contributed by atoms with van der Waals surface area (Å²) in [5.74, 6) is 2.45. The molecule has 0 aliphatic heterocycles. The summed E-state index contributed by atoms with van der Waals surface area (Å²) in [6.45, 7) is 2.37. The second kappa shape index (κ2) is 8.15. The van der Waals surface area contributed by atoms with Gasteiger partial charge in [0.1, 0.15) is 5.75 Å². The SMILES string of the molecule is Cc1ccccc1-c1noc(CNc2cc(Cl)ccc2Oc2ccccc2)n1. The molecule has 0 unspecified atom stereocenters. The lowest BCUT2D eigenvalue weighted by Crippen LogP contribution is -2.01. The highest BCUT2D eigenvalue weighted by Crippen LogP contribution is 2.32. The topological polar surface area (TPSA) is 60.2 Å². The van der Waals surface area contributed by atoms with Crippen molar-refractivity contribution in [2.24, 2.45) is 0 Å². The molecule has 140 valence electrons. The zero-order valence-electron chi connectivity index (χ0n) is 15.2. The Hall–Kier alpha value is -3.31. The quantitative estimate of drug-likeness (QED) is 0.430. The third-order valence-electron chi connectivity index (χ3n) is 4.20. The second-order valence-corrected chi connectivity index (χ2v) is 6.67. The Balaban J connectivity index is 1.51. The number of hydrogen-bond acceptors (Lipinski definition) is 5. The first-order valence-electron chi connectivity index (χ1n) is 8.84. The third-order valence-corrected chi connectivity index (χ3v) is 4.43. The molecule has 0 aliphatic rings. The van der Waals surface area contributed by atoms with Gasteiger partial charge in [0, 0.05) is 10.6 Å². The van der Waals surface area contributed by atoms with Gasteiger partial charge < -0.3 is 14.6 Å². The summed E-state index contributed by atoms with van der Waals surface area (Å²) in [6, 6.07) is 22.9. The van der Waals surface area contributed by atoms with Crippen LogP contribution in [0.25, 0.3) is 11.4 Å². The molecule has 0 spiro atoms. The van der Waals surface area contributed by atoms with Crippen LogP contribution in [0.3, 0.4) is 0 Å². The van der Waals surface area contributed by atoms with E-state index in [1.54, 1.807) is 12.1 Å². The van der Waals surface area contributed by atoms with Crippen molar-refractivity contribution in [1.29, 1.82) is 0 Å². The minimum atomic E-state index is 0.352. The molecule has 3 aromatic carbocycles. The van der Waals surface area contributed by atoms with Crippen molar-refractivity contribution in [1.82, 2.24) is 10.1 Å². The van der Waals surface area contributed by atoms with E-state index in [1.165, 1.54) is 0 Å². The predicted molar refractivity (Wildman–Crippen MR) is 110 cm³/mol. The Morgan fingerprint density at radius 2 is 1.79 bits per heavy atom. The van der Waals surface area contributed by atoms with Gasteiger partial charge in [0.25, 0.3) is 0 Å². The number of para-hydroxylation sites is 1. The van der Waals surface area contributed by atoms with Crippen LogP contribution >= 0.6 is 11.6 Å². The summed E-state index contributed by atoms with van der Waals surface area (Å²) >= 11 is 6.16. The van der Waals surface area contributed by atoms with Crippen molar-refractivity contribution in [2.45, 2.75) is 13.5 Å². The zero-order chi connectivity index (χ0) is 19.3. The average molecular weight is 392 g/mol. The number of ether oxygens (including phenoxy) is 1. The summed E-state index contributed by atoms with van der Waals surface area (Å²) in [7, 11) is 0. The van der Waals surface area contributed by atoms with Crippen LogP contribution in [0.5, 0.6) is 11.5 Å². The van der Waals surface area contributed by atoms with Crippen LogP contribution in [0.4, 0.5) is 5.69 Å². The van der Waals surface area contributed by atoms with Crippen LogP contribution in [0.1, 0.15) is 11.5 Å². The Morgan fingerprint density at radius 3 is 2.61 bits per heavy atom. The molecular formula is C22H18ClN3O2. The molecule has 1 N–H and O–H groups in total. The molecular weight excluding hydrogens is 374 g/mol. The van der Waals surface area contributed by atoms with E-state index in [0.717, 1.165) is 22.6 Å². The molecule has 0 bridgehead atoms. The van der Waals surface area contributed by atoms with E-state index in [9.17, 15) is 0 Å². The van der Waals surface area contributed by atoms with E-state index in [0.29, 0.717) is 29.0 Å². The van der Waals surface area contributed by atoms with Gasteiger partial charge >= 0.3 is 0 Å². The molecule has 0 saturated heterocycles. The normalized spacial score (nSPS) is 10.6. The fourth-order valence-corrected chi connectivity index (χ4v) is 2.95. The minimum absolute atomic E-state index is 0.352. The summed E-state index contributed by atoms with van der Waals surface area (Å²) in [4.78, 5) is 4.48. The van der Waals surface area contributed by atoms with Gasteiger partial charge in [-0.3, -0.25) is 0 Å². The van der Waals surface area contributed by atoms with Crippen molar-refractivity contribution in [3.05, 3.63) is 89.3 Å². The van der Waals surface area contributed by atoms with Gasteiger partial charge in [-0.1, -0.05) is 59.2 Å². The summed E-state index contributed by atoms with van der Waals surface area (Å²) in [6.07, 6.45) is 0. The zero-order valence-corrected chi connectivity index (χ0v) is 16.0. The van der Waals surface area contributed by atoms with Gasteiger partial charge in [0.2, 0.25) is 11.7 Å². The number of halogens is 1. The first-order valence-corrected chi connectivity index (χ1v) is 9.22. The summed E-state index contributed by atoms with van der Waals surface area (Å²) in [5.41, 5.74) is 2.79.